The van der Waals surface area contributed by atoms with Crippen molar-refractivity contribution in [3.63, 3.8) is 0 Å². The van der Waals surface area contributed by atoms with Crippen LogP contribution in [0.5, 0.6) is 0 Å². The molecule has 4 aromatic rings. The lowest BCUT2D eigenvalue weighted by atomic mass is 9.88. The number of hydrogen-bond donors (Lipinski definition) is 0. The van der Waals surface area contributed by atoms with Crippen LogP contribution in [0.1, 0.15) is 29.1 Å². The Hall–Kier alpha value is -2.19. The first-order chi connectivity index (χ1) is 12.3. The Morgan fingerprint density at radius 3 is 2.62 bits per heavy atom. The average molecular weight is 333 g/mol. The lowest BCUT2D eigenvalue weighted by molar-refractivity contribution is 0.411. The van der Waals surface area contributed by atoms with Crippen molar-refractivity contribution >= 4 is 31.5 Å². The van der Waals surface area contributed by atoms with E-state index in [0.717, 1.165) is 11.3 Å². The maximum atomic E-state index is 8.57. The molecule has 0 saturated carbocycles. The third-order valence-electron chi connectivity index (χ3n) is 3.96. The molecule has 4 rings (SSSR count). The highest BCUT2D eigenvalue weighted by molar-refractivity contribution is 7.26. The molecule has 24 heavy (non-hydrogen) atoms. The SMILES string of the molecule is [2H]C([2H])(c1ccnc(-c2cccc3c2sc2ccccc23)c1)C(C)(C)C. The van der Waals surface area contributed by atoms with E-state index in [-0.39, 0.29) is 0 Å². The molecule has 0 saturated heterocycles. The Morgan fingerprint density at radius 1 is 1.00 bits per heavy atom. The van der Waals surface area contributed by atoms with Gasteiger partial charge in [0.05, 0.1) is 5.69 Å². The molecule has 0 radical (unpaired) electrons. The van der Waals surface area contributed by atoms with Gasteiger partial charge in [-0.15, -0.1) is 11.3 Å². The number of fused-ring (bicyclic) bond motifs is 3. The van der Waals surface area contributed by atoms with Crippen LogP contribution in [-0.2, 0) is 6.37 Å². The number of aromatic nitrogens is 1. The number of pyridine rings is 1. The molecule has 0 bridgehead atoms. The van der Waals surface area contributed by atoms with E-state index >= 15 is 0 Å². The highest BCUT2D eigenvalue weighted by atomic mass is 32.1. The van der Waals surface area contributed by atoms with E-state index in [1.165, 1.54) is 20.2 Å². The lowest BCUT2D eigenvalue weighted by Crippen LogP contribution is -2.09. The quantitative estimate of drug-likeness (QED) is 0.397. The molecule has 2 aromatic heterocycles. The third kappa shape index (κ3) is 2.83. The number of thiophene rings is 1. The standard InChI is InChI=1S/C22H21NS/c1-22(2,3)14-15-11-12-23-19(13-15)18-9-6-8-17-16-7-4-5-10-20(16)24-21(17)18/h4-13H,14H2,1-3H3/i14D2. The van der Waals surface area contributed by atoms with Crippen molar-refractivity contribution < 1.29 is 2.74 Å². The monoisotopic (exact) mass is 333 g/mol. The minimum atomic E-state index is -1.43. The fourth-order valence-electron chi connectivity index (χ4n) is 3.04. The second-order valence-electron chi connectivity index (χ2n) is 7.09. The molecule has 0 spiro atoms. The minimum absolute atomic E-state index is 0.491. The van der Waals surface area contributed by atoms with Gasteiger partial charge < -0.3 is 0 Å². The number of rotatable bonds is 2. The summed E-state index contributed by atoms with van der Waals surface area (Å²) in [5.74, 6) is 0. The Morgan fingerprint density at radius 2 is 1.79 bits per heavy atom. The Bertz CT molecular complexity index is 1110. The summed E-state index contributed by atoms with van der Waals surface area (Å²) < 4.78 is 19.6. The van der Waals surface area contributed by atoms with Gasteiger partial charge in [-0.25, -0.2) is 0 Å². The minimum Gasteiger partial charge on any atom is -0.256 e. The van der Waals surface area contributed by atoms with Gasteiger partial charge in [0.2, 0.25) is 0 Å². The molecule has 1 nitrogen and oxygen atoms in total. The fourth-order valence-corrected chi connectivity index (χ4v) is 4.26. The maximum absolute atomic E-state index is 8.57. The summed E-state index contributed by atoms with van der Waals surface area (Å²) in [4.78, 5) is 4.57. The van der Waals surface area contributed by atoms with Gasteiger partial charge in [0.1, 0.15) is 0 Å². The summed E-state index contributed by atoms with van der Waals surface area (Å²) >= 11 is 1.77. The van der Waals surface area contributed by atoms with Crippen LogP contribution in [0.25, 0.3) is 31.4 Å². The zero-order chi connectivity index (χ0) is 18.5. The van der Waals surface area contributed by atoms with E-state index in [0.29, 0.717) is 5.56 Å². The van der Waals surface area contributed by atoms with Crippen molar-refractivity contribution in [1.82, 2.24) is 4.98 Å². The molecule has 0 N–H and O–H groups in total. The lowest BCUT2D eigenvalue weighted by Gasteiger charge is -2.18. The Kier molecular flexibility index (Phi) is 3.13. The van der Waals surface area contributed by atoms with Gasteiger partial charge in [-0.1, -0.05) is 57.2 Å². The van der Waals surface area contributed by atoms with Crippen LogP contribution < -0.4 is 0 Å². The second kappa shape index (κ2) is 5.71. The first kappa shape index (κ1) is 13.1. The molecule has 0 atom stereocenters. The fraction of sp³-hybridized carbons (Fsp3) is 0.227. The van der Waals surface area contributed by atoms with Crippen LogP contribution in [0.4, 0.5) is 0 Å². The molecule has 0 aliphatic rings. The van der Waals surface area contributed by atoms with Gasteiger partial charge in [0.15, 0.2) is 0 Å². The van der Waals surface area contributed by atoms with Gasteiger partial charge in [-0.05, 0) is 35.6 Å². The number of nitrogens with zero attached hydrogens (tertiary/aromatic N) is 1. The average Bonchev–Trinajstić information content (AvgIpc) is 2.99. The van der Waals surface area contributed by atoms with Crippen LogP contribution >= 0.6 is 11.3 Å². The number of benzene rings is 2. The molecule has 0 amide bonds. The summed E-state index contributed by atoms with van der Waals surface area (Å²) in [6.07, 6.45) is 0.291. The summed E-state index contributed by atoms with van der Waals surface area (Å²) in [5, 5.41) is 2.49. The van der Waals surface area contributed by atoms with Gasteiger partial charge in [-0.2, -0.15) is 0 Å². The molecule has 0 aliphatic carbocycles. The molecule has 2 aromatic carbocycles. The van der Waals surface area contributed by atoms with Gasteiger partial charge >= 0.3 is 0 Å². The molecular formula is C22H21NS. The van der Waals surface area contributed by atoms with Crippen molar-refractivity contribution in [3.05, 3.63) is 66.4 Å². The number of hydrogen-bond acceptors (Lipinski definition) is 2. The van der Waals surface area contributed by atoms with Crippen molar-refractivity contribution in [2.24, 2.45) is 5.41 Å². The van der Waals surface area contributed by atoms with Crippen molar-refractivity contribution in [2.75, 3.05) is 0 Å². The van der Waals surface area contributed by atoms with Crippen LogP contribution in [0, 0.1) is 5.41 Å². The molecule has 0 fully saturated rings. The Balaban J connectivity index is 1.93. The van der Waals surface area contributed by atoms with Crippen molar-refractivity contribution in [1.29, 1.82) is 0 Å². The molecule has 2 heterocycles. The van der Waals surface area contributed by atoms with E-state index in [1.54, 1.807) is 23.6 Å². The predicted molar refractivity (Wildman–Crippen MR) is 106 cm³/mol. The highest BCUT2D eigenvalue weighted by Crippen LogP contribution is 2.39. The summed E-state index contributed by atoms with van der Waals surface area (Å²) in [6.45, 7) is 5.79. The zero-order valence-electron chi connectivity index (χ0n) is 16.1. The molecule has 120 valence electrons. The van der Waals surface area contributed by atoms with E-state index in [2.05, 4.69) is 47.4 Å². The predicted octanol–water partition coefficient (Wildman–Crippen LogP) is 6.71. The molecule has 2 heteroatoms. The smallest absolute Gasteiger partial charge is 0.0719 e. The van der Waals surface area contributed by atoms with Gasteiger partial charge in [-0.3, -0.25) is 4.98 Å². The largest absolute Gasteiger partial charge is 0.256 e. The summed E-state index contributed by atoms with van der Waals surface area (Å²) in [5.41, 5.74) is 2.08. The zero-order valence-corrected chi connectivity index (χ0v) is 14.9. The van der Waals surface area contributed by atoms with E-state index in [9.17, 15) is 0 Å². The van der Waals surface area contributed by atoms with E-state index < -0.39 is 11.8 Å². The third-order valence-corrected chi connectivity index (χ3v) is 5.18. The van der Waals surface area contributed by atoms with Crippen molar-refractivity contribution in [2.45, 2.75) is 27.1 Å². The van der Waals surface area contributed by atoms with E-state index in [4.69, 9.17) is 2.74 Å². The van der Waals surface area contributed by atoms with Crippen molar-refractivity contribution in [3.8, 4) is 11.3 Å². The summed E-state index contributed by atoms with van der Waals surface area (Å²) in [7, 11) is 0. The Labute approximate surface area is 149 Å². The molecule has 0 aliphatic heterocycles. The normalized spacial score (nSPS) is 14.0. The molecular weight excluding hydrogens is 310 g/mol. The van der Waals surface area contributed by atoms with Gasteiger partial charge in [0.25, 0.3) is 0 Å². The maximum Gasteiger partial charge on any atom is 0.0719 e. The van der Waals surface area contributed by atoms with Gasteiger partial charge in [0, 0.05) is 34.7 Å². The van der Waals surface area contributed by atoms with Crippen LogP contribution in [0.3, 0.4) is 0 Å². The topological polar surface area (TPSA) is 12.9 Å². The first-order valence-electron chi connectivity index (χ1n) is 9.16. The first-order valence-corrected chi connectivity index (χ1v) is 8.98. The second-order valence-corrected chi connectivity index (χ2v) is 8.14. The van der Waals surface area contributed by atoms with Crippen LogP contribution in [0.2, 0.25) is 0 Å². The van der Waals surface area contributed by atoms with E-state index in [1.807, 2.05) is 26.8 Å². The molecule has 0 unspecified atom stereocenters. The van der Waals surface area contributed by atoms with Crippen LogP contribution in [-0.4, -0.2) is 4.98 Å². The van der Waals surface area contributed by atoms with Crippen LogP contribution in [0.15, 0.2) is 60.8 Å². The summed E-state index contributed by atoms with van der Waals surface area (Å²) in [6, 6.07) is 18.4. The highest BCUT2D eigenvalue weighted by Gasteiger charge is 2.14.